The molecule has 1 saturated heterocycles. The fraction of sp³-hybridized carbons (Fsp3) is 0.185. The van der Waals surface area contributed by atoms with Gasteiger partial charge in [0, 0.05) is 29.6 Å². The highest BCUT2D eigenvalue weighted by Gasteiger charge is 2.47. The Hall–Kier alpha value is -4.78. The third-order valence-electron chi connectivity index (χ3n) is 6.15. The van der Waals surface area contributed by atoms with Gasteiger partial charge in [-0.05, 0) is 41.5 Å². The number of benzene rings is 2. The molecular formula is C27H20F2N6O2. The number of hydrogen-bond donors (Lipinski definition) is 1. The normalized spacial score (nSPS) is 16.8. The number of carbonyl (C=O) groups is 2. The van der Waals surface area contributed by atoms with Gasteiger partial charge in [0.25, 0.3) is 11.8 Å². The van der Waals surface area contributed by atoms with Gasteiger partial charge in [-0.3, -0.25) is 14.6 Å². The molecule has 2 amide bonds. The molecule has 0 saturated carbocycles. The first-order chi connectivity index (χ1) is 17.8. The molecule has 1 aliphatic heterocycles. The highest BCUT2D eigenvalue weighted by molar-refractivity contribution is 6.07. The number of alkyl halides is 2. The zero-order chi connectivity index (χ0) is 26.0. The van der Waals surface area contributed by atoms with Crippen LogP contribution in [0.25, 0.3) is 34.0 Å². The number of aromatic nitrogens is 3. The van der Waals surface area contributed by atoms with Crippen molar-refractivity contribution in [1.82, 2.24) is 25.2 Å². The Kier molecular flexibility index (Phi) is 6.27. The van der Waals surface area contributed by atoms with Crippen molar-refractivity contribution in [3.63, 3.8) is 0 Å². The largest absolute Gasteiger partial charge is 0.343 e. The van der Waals surface area contributed by atoms with E-state index in [9.17, 15) is 18.4 Å². The minimum absolute atomic E-state index is 0.291. The van der Waals surface area contributed by atoms with E-state index in [1.54, 1.807) is 18.3 Å². The van der Waals surface area contributed by atoms with E-state index in [-0.39, 0.29) is 0 Å². The summed E-state index contributed by atoms with van der Waals surface area (Å²) in [5.74, 6) is -4.40. The smallest absolute Gasteiger partial charge is 0.268 e. The molecule has 1 atom stereocenters. The van der Waals surface area contributed by atoms with Gasteiger partial charge in [0.1, 0.15) is 12.4 Å². The number of likely N-dealkylation sites (tertiary alicyclic amines) is 1. The Morgan fingerprint density at radius 2 is 1.86 bits per heavy atom. The molecule has 0 radical (unpaired) electrons. The van der Waals surface area contributed by atoms with Crippen LogP contribution in [0.4, 0.5) is 8.78 Å². The van der Waals surface area contributed by atoms with Crippen molar-refractivity contribution in [3.8, 4) is 6.07 Å². The van der Waals surface area contributed by atoms with Crippen molar-refractivity contribution in [2.75, 3.05) is 13.1 Å². The number of rotatable bonds is 5. The topological polar surface area (TPSA) is 112 Å². The van der Waals surface area contributed by atoms with E-state index in [0.29, 0.717) is 16.5 Å². The summed E-state index contributed by atoms with van der Waals surface area (Å²) >= 11 is 0. The lowest BCUT2D eigenvalue weighted by atomic mass is 10.0. The molecule has 37 heavy (non-hydrogen) atoms. The predicted molar refractivity (Wildman–Crippen MR) is 133 cm³/mol. The molecular weight excluding hydrogens is 478 g/mol. The van der Waals surface area contributed by atoms with E-state index in [0.717, 1.165) is 26.9 Å². The van der Waals surface area contributed by atoms with Crippen molar-refractivity contribution in [2.24, 2.45) is 0 Å². The van der Waals surface area contributed by atoms with Gasteiger partial charge < -0.3 is 10.2 Å². The standard InChI is InChI=1S/C27H20F2N6O2/c28-27(29)11-20(12-30)35(15-27)25(36)14-33-26(37)21-7-8-32-24-6-4-18(10-22(21)24)2-1-17-3-5-23-19(9-17)13-31-16-34-23/h1-10,13,16,20H,11,14-15H2,(H,33,37)/b2-1+. The number of nitrogens with zero attached hydrogens (tertiary/aromatic N) is 5. The van der Waals surface area contributed by atoms with Crippen molar-refractivity contribution < 1.29 is 18.4 Å². The van der Waals surface area contributed by atoms with Crippen LogP contribution < -0.4 is 5.32 Å². The number of pyridine rings is 1. The van der Waals surface area contributed by atoms with Gasteiger partial charge in [0.2, 0.25) is 5.91 Å². The van der Waals surface area contributed by atoms with Gasteiger partial charge >= 0.3 is 0 Å². The third kappa shape index (κ3) is 5.11. The first kappa shape index (κ1) is 23.9. The van der Waals surface area contributed by atoms with Gasteiger partial charge in [-0.2, -0.15) is 5.26 Å². The average Bonchev–Trinajstić information content (AvgIpc) is 3.24. The van der Waals surface area contributed by atoms with E-state index in [1.165, 1.54) is 18.6 Å². The zero-order valence-corrected chi connectivity index (χ0v) is 19.4. The van der Waals surface area contributed by atoms with Gasteiger partial charge in [0.15, 0.2) is 0 Å². The van der Waals surface area contributed by atoms with Crippen molar-refractivity contribution >= 4 is 45.8 Å². The minimum atomic E-state index is -3.12. The number of carbonyl (C=O) groups excluding carboxylic acids is 2. The Bertz CT molecular complexity index is 1600. The number of nitrogens with one attached hydrogen (secondary N) is 1. The Morgan fingerprint density at radius 1 is 1.11 bits per heavy atom. The predicted octanol–water partition coefficient (Wildman–Crippen LogP) is 3.84. The molecule has 184 valence electrons. The molecule has 4 aromatic rings. The Labute approximate surface area is 210 Å². The second-order valence-electron chi connectivity index (χ2n) is 8.72. The lowest BCUT2D eigenvalue weighted by Crippen LogP contribution is -2.43. The number of hydrogen-bond acceptors (Lipinski definition) is 6. The quantitative estimate of drug-likeness (QED) is 0.419. The summed E-state index contributed by atoms with van der Waals surface area (Å²) < 4.78 is 27.3. The van der Waals surface area contributed by atoms with E-state index >= 15 is 0 Å². The molecule has 1 N–H and O–H groups in total. The summed E-state index contributed by atoms with van der Waals surface area (Å²) in [6.45, 7) is -1.33. The van der Waals surface area contributed by atoms with Gasteiger partial charge in [-0.25, -0.2) is 18.7 Å². The molecule has 2 aromatic heterocycles. The van der Waals surface area contributed by atoms with Gasteiger partial charge in [0.05, 0.1) is 35.8 Å². The molecule has 10 heteroatoms. The number of halogens is 2. The van der Waals surface area contributed by atoms with E-state index < -0.39 is 43.3 Å². The van der Waals surface area contributed by atoms with E-state index in [1.807, 2.05) is 42.5 Å². The van der Waals surface area contributed by atoms with Crippen LogP contribution in [-0.4, -0.2) is 56.7 Å². The molecule has 1 unspecified atom stereocenters. The lowest BCUT2D eigenvalue weighted by Gasteiger charge is -2.19. The van der Waals surface area contributed by atoms with Crippen LogP contribution in [-0.2, 0) is 4.79 Å². The number of nitriles is 1. The molecule has 8 nitrogen and oxygen atoms in total. The van der Waals surface area contributed by atoms with Crippen LogP contribution >= 0.6 is 0 Å². The fourth-order valence-electron chi connectivity index (χ4n) is 4.31. The van der Waals surface area contributed by atoms with Crippen LogP contribution in [0, 0.1) is 11.3 Å². The Morgan fingerprint density at radius 3 is 2.65 bits per heavy atom. The highest BCUT2D eigenvalue weighted by atomic mass is 19.3. The van der Waals surface area contributed by atoms with E-state index in [2.05, 4.69) is 20.3 Å². The first-order valence-electron chi connectivity index (χ1n) is 11.4. The number of fused-ring (bicyclic) bond motifs is 2. The summed E-state index contributed by atoms with van der Waals surface area (Å²) in [6.07, 6.45) is 7.85. The monoisotopic (exact) mass is 498 g/mol. The number of amides is 2. The SMILES string of the molecule is N#CC1CC(F)(F)CN1C(=O)CNC(=O)c1ccnc2ccc(/C=C/c3ccc4ncncc4c3)cc12. The average molecular weight is 498 g/mol. The molecule has 5 rings (SSSR count). The molecule has 1 aliphatic rings. The molecule has 0 spiro atoms. The highest BCUT2D eigenvalue weighted by Crippen LogP contribution is 2.31. The maximum Gasteiger partial charge on any atom is 0.268 e. The fourth-order valence-corrected chi connectivity index (χ4v) is 4.31. The third-order valence-corrected chi connectivity index (χ3v) is 6.15. The molecule has 0 aliphatic carbocycles. The summed E-state index contributed by atoms with van der Waals surface area (Å²) in [7, 11) is 0. The van der Waals surface area contributed by atoms with Crippen LogP contribution in [0.15, 0.2) is 61.2 Å². The van der Waals surface area contributed by atoms with Crippen LogP contribution in [0.1, 0.15) is 27.9 Å². The first-order valence-corrected chi connectivity index (χ1v) is 11.4. The molecule has 2 aromatic carbocycles. The Balaban J connectivity index is 1.33. The zero-order valence-electron chi connectivity index (χ0n) is 19.4. The van der Waals surface area contributed by atoms with Crippen LogP contribution in [0.5, 0.6) is 0 Å². The van der Waals surface area contributed by atoms with Gasteiger partial charge in [-0.1, -0.05) is 24.3 Å². The van der Waals surface area contributed by atoms with E-state index in [4.69, 9.17) is 5.26 Å². The summed E-state index contributed by atoms with van der Waals surface area (Å²) in [5.41, 5.74) is 3.50. The molecule has 1 fully saturated rings. The molecule has 0 bridgehead atoms. The van der Waals surface area contributed by atoms with Crippen molar-refractivity contribution in [3.05, 3.63) is 77.9 Å². The second-order valence-corrected chi connectivity index (χ2v) is 8.72. The summed E-state index contributed by atoms with van der Waals surface area (Å²) in [6, 6.07) is 13.3. The maximum atomic E-state index is 13.7. The van der Waals surface area contributed by atoms with Crippen molar-refractivity contribution in [1.29, 1.82) is 5.26 Å². The lowest BCUT2D eigenvalue weighted by molar-refractivity contribution is -0.131. The van der Waals surface area contributed by atoms with Crippen molar-refractivity contribution in [2.45, 2.75) is 18.4 Å². The minimum Gasteiger partial charge on any atom is -0.343 e. The maximum absolute atomic E-state index is 13.7. The van der Waals surface area contributed by atoms with Gasteiger partial charge in [-0.15, -0.1) is 0 Å². The summed E-state index contributed by atoms with van der Waals surface area (Å²) in [5, 5.41) is 13.1. The molecule has 3 heterocycles. The second kappa shape index (κ2) is 9.70. The van der Waals surface area contributed by atoms with Crippen LogP contribution in [0.2, 0.25) is 0 Å². The van der Waals surface area contributed by atoms with Crippen LogP contribution in [0.3, 0.4) is 0 Å². The summed E-state index contributed by atoms with van der Waals surface area (Å²) in [4.78, 5) is 38.7.